The second kappa shape index (κ2) is 10.7. The summed E-state index contributed by atoms with van der Waals surface area (Å²) in [6.45, 7) is 6.88. The zero-order valence-corrected chi connectivity index (χ0v) is 21.2. The van der Waals surface area contributed by atoms with Crippen LogP contribution in [0.2, 0.25) is 0 Å². The summed E-state index contributed by atoms with van der Waals surface area (Å²) in [7, 11) is 0. The third kappa shape index (κ3) is 7.21. The second-order valence-electron chi connectivity index (χ2n) is 10.7. The molecule has 0 spiro atoms. The van der Waals surface area contributed by atoms with Gasteiger partial charge < -0.3 is 20.7 Å². The number of likely N-dealkylation sites (tertiary alicyclic amines) is 1. The van der Waals surface area contributed by atoms with Crippen molar-refractivity contribution in [1.82, 2.24) is 25.5 Å². The molecule has 1 aromatic carbocycles. The van der Waals surface area contributed by atoms with Crippen molar-refractivity contribution in [3.63, 3.8) is 0 Å². The highest BCUT2D eigenvalue weighted by Gasteiger charge is 2.36. The van der Waals surface area contributed by atoms with Crippen molar-refractivity contribution in [3.05, 3.63) is 30.1 Å². The van der Waals surface area contributed by atoms with Crippen LogP contribution in [-0.4, -0.2) is 70.2 Å². The first kappa shape index (κ1) is 26.9. The van der Waals surface area contributed by atoms with E-state index >= 15 is 0 Å². The molecule has 0 unspecified atom stereocenters. The predicted molar refractivity (Wildman–Crippen MR) is 132 cm³/mol. The molecule has 2 heterocycles. The van der Waals surface area contributed by atoms with Crippen LogP contribution in [0.1, 0.15) is 52.0 Å². The van der Waals surface area contributed by atoms with E-state index in [4.69, 9.17) is 4.74 Å². The van der Waals surface area contributed by atoms with Gasteiger partial charge in [-0.3, -0.25) is 9.69 Å². The monoisotopic (exact) mass is 522 g/mol. The largest absolute Gasteiger partial charge is 0.444 e. The number of amides is 2. The fourth-order valence-electron chi connectivity index (χ4n) is 4.78. The number of alkyl carbamates (subject to hydrolysis) is 1. The second-order valence-corrected chi connectivity index (χ2v) is 10.7. The first-order valence-corrected chi connectivity index (χ1v) is 12.5. The number of nitrogens with one attached hydrogen (secondary N) is 3. The Balaban J connectivity index is 1.19. The third-order valence-corrected chi connectivity index (χ3v) is 6.59. The Bertz CT molecular complexity index is 1120. The summed E-state index contributed by atoms with van der Waals surface area (Å²) in [5.41, 5.74) is -0.962. The van der Waals surface area contributed by atoms with E-state index in [1.165, 1.54) is 12.4 Å². The molecule has 0 radical (unpaired) electrons. The van der Waals surface area contributed by atoms with Crippen molar-refractivity contribution in [3.8, 4) is 0 Å². The van der Waals surface area contributed by atoms with Crippen molar-refractivity contribution >= 4 is 28.7 Å². The van der Waals surface area contributed by atoms with E-state index in [0.29, 0.717) is 11.6 Å². The molecule has 1 aliphatic heterocycles. The van der Waals surface area contributed by atoms with E-state index in [-0.39, 0.29) is 41.8 Å². The van der Waals surface area contributed by atoms with Gasteiger partial charge >= 0.3 is 12.3 Å². The average molecular weight is 523 g/mol. The molecule has 2 amide bonds. The van der Waals surface area contributed by atoms with Crippen molar-refractivity contribution in [1.29, 1.82) is 0 Å². The first-order valence-electron chi connectivity index (χ1n) is 12.5. The standard InChI is InChI=1S/C25H33F3N6O3/c1-24(2,3)37-23(36)33-16-5-7-18(8-6-16)34-12-17(13-34)32-21(35)11-29-22-19-10-15(25(26,27)28)4-9-20(19)30-14-31-22/h4,9-10,14,16-18H,5-8,11-13H2,1-3H3,(H,32,35)(H,33,36)(H,29,30,31). The fraction of sp³-hybridized carbons (Fsp3) is 0.600. The highest BCUT2D eigenvalue weighted by atomic mass is 19.4. The molecular formula is C25H33F3N6O3. The molecule has 37 heavy (non-hydrogen) atoms. The SMILES string of the molecule is CC(C)(C)OC(=O)NC1CCC(N2CC(NC(=O)CNc3ncnc4ccc(C(F)(F)F)cc34)C2)CC1. The van der Waals surface area contributed by atoms with Crippen LogP contribution in [0.4, 0.5) is 23.8 Å². The van der Waals surface area contributed by atoms with E-state index in [2.05, 4.69) is 30.8 Å². The zero-order valence-electron chi connectivity index (χ0n) is 21.2. The third-order valence-electron chi connectivity index (χ3n) is 6.59. The predicted octanol–water partition coefficient (Wildman–Crippen LogP) is 3.70. The molecule has 0 atom stereocenters. The molecule has 2 fully saturated rings. The minimum Gasteiger partial charge on any atom is -0.444 e. The minimum atomic E-state index is -4.48. The lowest BCUT2D eigenvalue weighted by Gasteiger charge is -2.46. The average Bonchev–Trinajstić information content (AvgIpc) is 2.78. The Morgan fingerprint density at radius 2 is 1.73 bits per heavy atom. The summed E-state index contributed by atoms with van der Waals surface area (Å²) in [4.78, 5) is 34.8. The maximum atomic E-state index is 13.1. The highest BCUT2D eigenvalue weighted by molar-refractivity contribution is 5.91. The molecule has 3 N–H and O–H groups in total. The van der Waals surface area contributed by atoms with E-state index < -0.39 is 17.3 Å². The van der Waals surface area contributed by atoms with Crippen molar-refractivity contribution in [2.75, 3.05) is 25.0 Å². The van der Waals surface area contributed by atoms with Gasteiger partial charge in [-0.1, -0.05) is 0 Å². The molecule has 9 nitrogen and oxygen atoms in total. The Labute approximate surface area is 213 Å². The van der Waals surface area contributed by atoms with E-state index in [0.717, 1.165) is 50.9 Å². The number of alkyl halides is 3. The molecule has 12 heteroatoms. The van der Waals surface area contributed by atoms with Gasteiger partial charge in [0.15, 0.2) is 0 Å². The van der Waals surface area contributed by atoms with Gasteiger partial charge in [-0.05, 0) is 64.7 Å². The Kier molecular flexibility index (Phi) is 7.77. The van der Waals surface area contributed by atoms with Gasteiger partial charge in [0, 0.05) is 30.6 Å². The van der Waals surface area contributed by atoms with Crippen molar-refractivity contribution < 1.29 is 27.5 Å². The molecule has 2 aromatic rings. The van der Waals surface area contributed by atoms with Crippen LogP contribution in [-0.2, 0) is 15.7 Å². The fourth-order valence-corrected chi connectivity index (χ4v) is 4.78. The molecule has 4 rings (SSSR count). The lowest BCUT2D eigenvalue weighted by atomic mass is 9.88. The number of carbonyl (C=O) groups excluding carboxylic acids is 2. The summed E-state index contributed by atoms with van der Waals surface area (Å²) in [6, 6.07) is 3.79. The Morgan fingerprint density at radius 3 is 2.38 bits per heavy atom. The Hall–Kier alpha value is -3.15. The maximum Gasteiger partial charge on any atom is 0.416 e. The summed E-state index contributed by atoms with van der Waals surface area (Å²) < 4.78 is 44.6. The van der Waals surface area contributed by atoms with Gasteiger partial charge in [-0.25, -0.2) is 14.8 Å². The van der Waals surface area contributed by atoms with Crippen LogP contribution in [0.3, 0.4) is 0 Å². The van der Waals surface area contributed by atoms with Crippen LogP contribution >= 0.6 is 0 Å². The maximum absolute atomic E-state index is 13.1. The number of anilines is 1. The van der Waals surface area contributed by atoms with Gasteiger partial charge in [-0.15, -0.1) is 0 Å². The molecule has 202 valence electrons. The molecule has 1 aliphatic carbocycles. The van der Waals surface area contributed by atoms with Crippen LogP contribution in [0.15, 0.2) is 24.5 Å². The molecule has 0 bridgehead atoms. The number of hydrogen-bond acceptors (Lipinski definition) is 7. The van der Waals surface area contributed by atoms with Gasteiger partial charge in [0.05, 0.1) is 23.7 Å². The van der Waals surface area contributed by atoms with Gasteiger partial charge in [-0.2, -0.15) is 13.2 Å². The van der Waals surface area contributed by atoms with Crippen LogP contribution in [0.5, 0.6) is 0 Å². The molecule has 2 aliphatic rings. The van der Waals surface area contributed by atoms with E-state index in [1.807, 2.05) is 20.8 Å². The van der Waals surface area contributed by atoms with Crippen LogP contribution in [0, 0.1) is 0 Å². The van der Waals surface area contributed by atoms with Crippen molar-refractivity contribution in [2.45, 2.75) is 76.4 Å². The summed E-state index contributed by atoms with van der Waals surface area (Å²) in [6.07, 6.45) is 0.0635. The van der Waals surface area contributed by atoms with Crippen LogP contribution < -0.4 is 16.0 Å². The lowest BCUT2D eigenvalue weighted by Crippen LogP contribution is -2.63. The molecule has 1 saturated heterocycles. The number of ether oxygens (including phenoxy) is 1. The number of aromatic nitrogens is 2. The number of carbonyl (C=O) groups is 2. The lowest BCUT2D eigenvalue weighted by molar-refractivity contribution is -0.137. The highest BCUT2D eigenvalue weighted by Crippen LogP contribution is 2.32. The number of fused-ring (bicyclic) bond motifs is 1. The van der Waals surface area contributed by atoms with Gasteiger partial charge in [0.2, 0.25) is 5.91 Å². The Morgan fingerprint density at radius 1 is 1.03 bits per heavy atom. The van der Waals surface area contributed by atoms with Gasteiger partial charge in [0.25, 0.3) is 0 Å². The van der Waals surface area contributed by atoms with E-state index in [1.54, 1.807) is 0 Å². The normalized spacial score (nSPS) is 21.2. The summed E-state index contributed by atoms with van der Waals surface area (Å²) >= 11 is 0. The first-order chi connectivity index (χ1) is 17.4. The molecular weight excluding hydrogens is 489 g/mol. The summed E-state index contributed by atoms with van der Waals surface area (Å²) in [5.74, 6) is -0.0769. The molecule has 1 saturated carbocycles. The van der Waals surface area contributed by atoms with Gasteiger partial charge in [0.1, 0.15) is 17.7 Å². The quantitative estimate of drug-likeness (QED) is 0.531. The number of rotatable bonds is 6. The van der Waals surface area contributed by atoms with Crippen LogP contribution in [0.25, 0.3) is 10.9 Å². The van der Waals surface area contributed by atoms with Crippen molar-refractivity contribution in [2.24, 2.45) is 0 Å². The van der Waals surface area contributed by atoms with E-state index in [9.17, 15) is 22.8 Å². The number of nitrogens with zero attached hydrogens (tertiary/aromatic N) is 3. The topological polar surface area (TPSA) is 108 Å². The summed E-state index contributed by atoms with van der Waals surface area (Å²) in [5, 5.41) is 8.95. The number of halogens is 3. The minimum absolute atomic E-state index is 0.0193. The number of hydrogen-bond donors (Lipinski definition) is 3. The zero-order chi connectivity index (χ0) is 26.8. The smallest absolute Gasteiger partial charge is 0.416 e. The number of benzene rings is 1. The molecule has 1 aromatic heterocycles.